The molecule has 0 spiro atoms. The first-order valence-electron chi connectivity index (χ1n) is 20.9. The number of anilines is 5. The van der Waals surface area contributed by atoms with E-state index in [2.05, 4.69) is 56.0 Å². The lowest BCUT2D eigenvalue weighted by Gasteiger charge is -2.35. The second-order valence-corrected chi connectivity index (χ2v) is 15.5. The monoisotopic (exact) mass is 799 g/mol. The maximum Gasteiger partial charge on any atom is 0.228 e. The van der Waals surface area contributed by atoms with E-state index in [1.54, 1.807) is 14.2 Å². The van der Waals surface area contributed by atoms with Crippen LogP contribution in [0.5, 0.6) is 11.5 Å². The summed E-state index contributed by atoms with van der Waals surface area (Å²) in [5.74, 6) is 4.85. The largest absolute Gasteiger partial charge is 0.497 e. The van der Waals surface area contributed by atoms with Crippen LogP contribution in [0.1, 0.15) is 48.8 Å². The van der Waals surface area contributed by atoms with E-state index in [0.29, 0.717) is 38.2 Å². The summed E-state index contributed by atoms with van der Waals surface area (Å²) in [5.41, 5.74) is 6.13. The maximum atomic E-state index is 6.33. The zero-order chi connectivity index (χ0) is 40.0. The Balaban J connectivity index is 0.981. The number of methoxy groups -OCH3 is 2. The van der Waals surface area contributed by atoms with Crippen LogP contribution in [0.4, 0.5) is 29.2 Å². The van der Waals surface area contributed by atoms with E-state index in [0.717, 1.165) is 128 Å². The lowest BCUT2D eigenvalue weighted by Crippen LogP contribution is -2.39. The molecule has 0 radical (unpaired) electrons. The number of piperidine rings is 1. The van der Waals surface area contributed by atoms with Crippen LogP contribution < -0.4 is 29.1 Å². The Morgan fingerprint density at radius 2 is 1.42 bits per heavy atom. The van der Waals surface area contributed by atoms with Crippen LogP contribution in [0.3, 0.4) is 0 Å². The molecule has 5 aromatic rings. The summed E-state index contributed by atoms with van der Waals surface area (Å²) >= 11 is 0. The minimum Gasteiger partial charge on any atom is -0.497 e. The highest BCUT2D eigenvalue weighted by Gasteiger charge is 2.31. The first-order chi connectivity index (χ1) is 29.1. The van der Waals surface area contributed by atoms with Crippen molar-refractivity contribution in [3.8, 4) is 22.8 Å². The number of fused-ring (bicyclic) bond motifs is 1. The van der Waals surface area contributed by atoms with Crippen molar-refractivity contribution in [2.24, 2.45) is 0 Å². The fraction of sp³-hybridized carbons (Fsp3) is 0.444. The third-order valence-electron chi connectivity index (χ3n) is 11.7. The fourth-order valence-corrected chi connectivity index (χ4v) is 8.35. The van der Waals surface area contributed by atoms with Crippen LogP contribution in [0, 0.1) is 0 Å². The van der Waals surface area contributed by atoms with E-state index in [9.17, 15) is 0 Å². The van der Waals surface area contributed by atoms with Gasteiger partial charge in [0, 0.05) is 93.9 Å². The van der Waals surface area contributed by atoms with Crippen molar-refractivity contribution >= 4 is 29.2 Å². The average molecular weight is 800 g/mol. The van der Waals surface area contributed by atoms with Crippen molar-refractivity contribution in [3.63, 3.8) is 0 Å². The van der Waals surface area contributed by atoms with E-state index in [1.807, 2.05) is 42.9 Å². The third-order valence-corrected chi connectivity index (χ3v) is 11.7. The Bertz CT molecular complexity index is 2090. The van der Waals surface area contributed by atoms with E-state index in [4.69, 9.17) is 48.6 Å². The summed E-state index contributed by atoms with van der Waals surface area (Å²) in [6, 6.07) is 20.5. The topological polar surface area (TPSA) is 124 Å². The van der Waals surface area contributed by atoms with Gasteiger partial charge >= 0.3 is 0 Å². The molecule has 0 saturated carbocycles. The van der Waals surface area contributed by atoms with Crippen molar-refractivity contribution < 1.29 is 23.7 Å². The Hall–Kier alpha value is -5.57. The quantitative estimate of drug-likeness (QED) is 0.127. The molecular weight excluding hydrogens is 747 g/mol. The van der Waals surface area contributed by atoms with Gasteiger partial charge in [-0.2, -0.15) is 4.98 Å². The molecule has 3 aromatic heterocycles. The molecule has 2 aromatic carbocycles. The number of pyridine rings is 1. The molecule has 3 fully saturated rings. The molecule has 4 aliphatic rings. The minimum atomic E-state index is -0.0550. The molecule has 308 valence electrons. The van der Waals surface area contributed by atoms with Gasteiger partial charge in [-0.05, 0) is 80.0 Å². The summed E-state index contributed by atoms with van der Waals surface area (Å²) < 4.78 is 28.7. The van der Waals surface area contributed by atoms with Crippen molar-refractivity contribution in [3.05, 3.63) is 95.9 Å². The molecule has 0 amide bonds. The Kier molecular flexibility index (Phi) is 12.0. The smallest absolute Gasteiger partial charge is 0.228 e. The van der Waals surface area contributed by atoms with Gasteiger partial charge in [0.15, 0.2) is 6.29 Å². The standard InChI is InChI=1S/C45H53N9O5/c1-55-36-10-6-32(7-11-36)30-53(31-33-8-12-37(56-2)13-9-33)44-47-28-34(29-48-44)42-39-17-21-54(43(39)50-45(49-42)52-22-25-57-26-23-52)35-14-18-46-40(27-35)51-19-15-38(16-20-51)59-41-5-3-4-24-58-41/h6-14,18,27-29,38,41H,3-5,15-17,19-26,30-31H2,1-2H3. The zero-order valence-electron chi connectivity index (χ0n) is 34.0. The van der Waals surface area contributed by atoms with Gasteiger partial charge in [0.25, 0.3) is 0 Å². The van der Waals surface area contributed by atoms with Crippen LogP contribution >= 0.6 is 0 Å². The molecule has 9 rings (SSSR count). The zero-order valence-corrected chi connectivity index (χ0v) is 34.0. The number of rotatable bonds is 13. The summed E-state index contributed by atoms with van der Waals surface area (Å²) in [7, 11) is 3.36. The molecule has 59 heavy (non-hydrogen) atoms. The minimum absolute atomic E-state index is 0.0550. The molecule has 0 N–H and O–H groups in total. The van der Waals surface area contributed by atoms with Crippen molar-refractivity contribution in [1.82, 2.24) is 24.9 Å². The van der Waals surface area contributed by atoms with E-state index < -0.39 is 0 Å². The highest BCUT2D eigenvalue weighted by Crippen LogP contribution is 2.40. The molecule has 1 atom stereocenters. The van der Waals surface area contributed by atoms with E-state index in [-0.39, 0.29) is 12.4 Å². The lowest BCUT2D eigenvalue weighted by atomic mass is 10.1. The highest BCUT2D eigenvalue weighted by molar-refractivity contribution is 5.77. The number of benzene rings is 2. The molecule has 1 unspecified atom stereocenters. The molecule has 0 bridgehead atoms. The molecule has 7 heterocycles. The first kappa shape index (κ1) is 38.9. The van der Waals surface area contributed by atoms with Crippen LogP contribution in [-0.4, -0.2) is 104 Å². The van der Waals surface area contributed by atoms with E-state index in [1.165, 1.54) is 6.42 Å². The predicted molar refractivity (Wildman–Crippen MR) is 227 cm³/mol. The van der Waals surface area contributed by atoms with Gasteiger partial charge in [-0.3, -0.25) is 0 Å². The van der Waals surface area contributed by atoms with E-state index >= 15 is 0 Å². The summed E-state index contributed by atoms with van der Waals surface area (Å²) in [6.45, 7) is 7.33. The summed E-state index contributed by atoms with van der Waals surface area (Å²) in [6.07, 6.45) is 11.9. The number of aromatic nitrogens is 5. The summed E-state index contributed by atoms with van der Waals surface area (Å²) in [5, 5.41) is 0. The number of hydrogen-bond acceptors (Lipinski definition) is 14. The Morgan fingerprint density at radius 1 is 0.729 bits per heavy atom. The van der Waals surface area contributed by atoms with Crippen LogP contribution in [0.25, 0.3) is 11.3 Å². The second-order valence-electron chi connectivity index (χ2n) is 15.5. The van der Waals surface area contributed by atoms with Gasteiger partial charge < -0.3 is 43.3 Å². The van der Waals surface area contributed by atoms with Crippen molar-refractivity contribution in [2.45, 2.75) is 64.0 Å². The van der Waals surface area contributed by atoms with Gasteiger partial charge in [-0.15, -0.1) is 0 Å². The van der Waals surface area contributed by atoms with Crippen LogP contribution in [0.2, 0.25) is 0 Å². The maximum absolute atomic E-state index is 6.33. The Labute approximate surface area is 346 Å². The van der Waals surface area contributed by atoms with Gasteiger partial charge in [0.1, 0.15) is 23.1 Å². The highest BCUT2D eigenvalue weighted by atomic mass is 16.7. The number of hydrogen-bond donors (Lipinski definition) is 0. The average Bonchev–Trinajstić information content (AvgIpc) is 3.74. The van der Waals surface area contributed by atoms with Gasteiger partial charge in [-0.1, -0.05) is 24.3 Å². The molecule has 3 saturated heterocycles. The molecule has 14 nitrogen and oxygen atoms in total. The molecule has 4 aliphatic heterocycles. The third kappa shape index (κ3) is 9.04. The molecule has 14 heteroatoms. The Morgan fingerprint density at radius 3 is 2.07 bits per heavy atom. The molecular formula is C45H53N9O5. The number of morpholine rings is 1. The van der Waals surface area contributed by atoms with Gasteiger partial charge in [0.05, 0.1) is 39.2 Å². The van der Waals surface area contributed by atoms with Crippen LogP contribution in [-0.2, 0) is 33.7 Å². The van der Waals surface area contributed by atoms with Crippen molar-refractivity contribution in [2.75, 3.05) is 86.4 Å². The predicted octanol–water partition coefficient (Wildman–Crippen LogP) is 6.60. The number of ether oxygens (including phenoxy) is 5. The van der Waals surface area contributed by atoms with Crippen molar-refractivity contribution in [1.29, 1.82) is 0 Å². The SMILES string of the molecule is COc1ccc(CN(Cc2ccc(OC)cc2)c2ncc(-c3nc(N4CCOCC4)nc4c3CCN4c3ccnc(N4CCC(OC5CCCCO5)CC4)c3)cn2)cc1. The van der Waals surface area contributed by atoms with Crippen LogP contribution in [0.15, 0.2) is 79.3 Å². The van der Waals surface area contributed by atoms with Gasteiger partial charge in [0.2, 0.25) is 11.9 Å². The molecule has 0 aliphatic carbocycles. The fourth-order valence-electron chi connectivity index (χ4n) is 8.35. The number of nitrogens with zero attached hydrogens (tertiary/aromatic N) is 9. The first-order valence-corrected chi connectivity index (χ1v) is 20.9. The second kappa shape index (κ2) is 18.1. The lowest BCUT2D eigenvalue weighted by molar-refractivity contribution is -0.191. The normalized spacial score (nSPS) is 18.5. The summed E-state index contributed by atoms with van der Waals surface area (Å²) in [4.78, 5) is 34.4. The van der Waals surface area contributed by atoms with Gasteiger partial charge in [-0.25, -0.2) is 19.9 Å².